The van der Waals surface area contributed by atoms with Gasteiger partial charge in [0.05, 0.1) is 13.1 Å². The van der Waals surface area contributed by atoms with E-state index in [0.29, 0.717) is 36.2 Å². The van der Waals surface area contributed by atoms with Gasteiger partial charge in [-0.1, -0.05) is 11.2 Å². The molecule has 1 saturated heterocycles. The minimum atomic E-state index is -0.392. The molecule has 1 aliphatic rings. The van der Waals surface area contributed by atoms with Crippen LogP contribution in [-0.2, 0) is 0 Å². The number of rotatable bonds is 4. The Morgan fingerprint density at radius 2 is 2.04 bits per heavy atom. The standard InChI is InChI=1S/C19H17FN4O3/c1-12-21-18(27-23-12)13-5-7-16(8-6-13)26-17-10-24(11-17)19(25)22-15-4-2-3-14(20)9-15/h2-9,17H,10-11H2,1H3,(H,22,25). The number of hydrogen-bond acceptors (Lipinski definition) is 5. The second-order valence-electron chi connectivity index (χ2n) is 6.26. The second-order valence-corrected chi connectivity index (χ2v) is 6.26. The van der Waals surface area contributed by atoms with Crippen LogP contribution in [0.1, 0.15) is 5.82 Å². The van der Waals surface area contributed by atoms with E-state index in [0.717, 1.165) is 5.56 Å². The summed E-state index contributed by atoms with van der Waals surface area (Å²) in [6.45, 7) is 2.69. The second kappa shape index (κ2) is 7.06. The Morgan fingerprint density at radius 3 is 2.70 bits per heavy atom. The summed E-state index contributed by atoms with van der Waals surface area (Å²) in [5.41, 5.74) is 1.24. The van der Waals surface area contributed by atoms with E-state index >= 15 is 0 Å². The third-order valence-corrected chi connectivity index (χ3v) is 4.14. The average Bonchev–Trinajstić information content (AvgIpc) is 3.04. The van der Waals surface area contributed by atoms with Crippen LogP contribution in [0.3, 0.4) is 0 Å². The number of likely N-dealkylation sites (tertiary alicyclic amines) is 1. The minimum Gasteiger partial charge on any atom is -0.487 e. The zero-order valence-electron chi connectivity index (χ0n) is 14.6. The molecule has 1 aromatic heterocycles. The average molecular weight is 368 g/mol. The van der Waals surface area contributed by atoms with Crippen molar-refractivity contribution in [3.8, 4) is 17.2 Å². The zero-order valence-corrected chi connectivity index (χ0v) is 14.6. The highest BCUT2D eigenvalue weighted by Crippen LogP contribution is 2.23. The first-order valence-corrected chi connectivity index (χ1v) is 8.46. The Bertz CT molecular complexity index is 952. The van der Waals surface area contributed by atoms with Gasteiger partial charge >= 0.3 is 6.03 Å². The molecule has 2 amide bonds. The van der Waals surface area contributed by atoms with Gasteiger partial charge in [-0.3, -0.25) is 0 Å². The summed E-state index contributed by atoms with van der Waals surface area (Å²) in [5, 5.41) is 6.43. The molecule has 4 rings (SSSR count). The van der Waals surface area contributed by atoms with Gasteiger partial charge in [-0.15, -0.1) is 0 Å². The van der Waals surface area contributed by atoms with Crippen LogP contribution < -0.4 is 10.1 Å². The SMILES string of the molecule is Cc1noc(-c2ccc(OC3CN(C(=O)Nc4cccc(F)c4)C3)cc2)n1. The molecule has 0 saturated carbocycles. The molecule has 7 nitrogen and oxygen atoms in total. The molecule has 1 fully saturated rings. The van der Waals surface area contributed by atoms with Gasteiger partial charge in [0.25, 0.3) is 5.89 Å². The first-order valence-electron chi connectivity index (χ1n) is 8.46. The summed E-state index contributed by atoms with van der Waals surface area (Å²) in [6.07, 6.45) is -0.0836. The number of hydrogen-bond donors (Lipinski definition) is 1. The maximum atomic E-state index is 13.2. The van der Waals surface area contributed by atoms with Gasteiger partial charge in [0.15, 0.2) is 5.82 Å². The van der Waals surface area contributed by atoms with Gasteiger partial charge in [-0.05, 0) is 49.4 Å². The lowest BCUT2D eigenvalue weighted by Gasteiger charge is -2.38. The maximum absolute atomic E-state index is 13.2. The fourth-order valence-corrected chi connectivity index (χ4v) is 2.73. The van der Waals surface area contributed by atoms with Crippen molar-refractivity contribution in [2.24, 2.45) is 0 Å². The number of carbonyl (C=O) groups excluding carboxylic acids is 1. The number of ether oxygens (including phenoxy) is 1. The fourth-order valence-electron chi connectivity index (χ4n) is 2.73. The van der Waals surface area contributed by atoms with E-state index in [2.05, 4.69) is 15.5 Å². The van der Waals surface area contributed by atoms with E-state index in [4.69, 9.17) is 9.26 Å². The maximum Gasteiger partial charge on any atom is 0.322 e. The highest BCUT2D eigenvalue weighted by molar-refractivity contribution is 5.89. The predicted octanol–water partition coefficient (Wildman–Crippen LogP) is 3.48. The lowest BCUT2D eigenvalue weighted by molar-refractivity contribution is 0.0493. The third kappa shape index (κ3) is 3.89. The van der Waals surface area contributed by atoms with E-state index in [1.807, 2.05) is 24.3 Å². The van der Waals surface area contributed by atoms with E-state index in [1.54, 1.807) is 24.0 Å². The van der Waals surface area contributed by atoms with Crippen molar-refractivity contribution in [3.05, 3.63) is 60.2 Å². The van der Waals surface area contributed by atoms with E-state index < -0.39 is 5.82 Å². The molecule has 0 unspecified atom stereocenters. The van der Waals surface area contributed by atoms with Crippen molar-refractivity contribution in [1.82, 2.24) is 15.0 Å². The van der Waals surface area contributed by atoms with Crippen LogP contribution in [0, 0.1) is 12.7 Å². The normalized spacial score (nSPS) is 13.9. The number of amides is 2. The summed E-state index contributed by atoms with van der Waals surface area (Å²) in [5.74, 6) is 1.35. The number of urea groups is 1. The van der Waals surface area contributed by atoms with Crippen LogP contribution in [0.15, 0.2) is 53.1 Å². The van der Waals surface area contributed by atoms with Crippen molar-refractivity contribution in [2.75, 3.05) is 18.4 Å². The smallest absolute Gasteiger partial charge is 0.322 e. The summed E-state index contributed by atoms with van der Waals surface area (Å²) >= 11 is 0. The quantitative estimate of drug-likeness (QED) is 0.763. The van der Waals surface area contributed by atoms with Gasteiger partial charge in [-0.25, -0.2) is 9.18 Å². The van der Waals surface area contributed by atoms with E-state index in [-0.39, 0.29) is 12.1 Å². The third-order valence-electron chi connectivity index (χ3n) is 4.14. The van der Waals surface area contributed by atoms with Crippen LogP contribution in [0.5, 0.6) is 5.75 Å². The minimum absolute atomic E-state index is 0.0836. The van der Waals surface area contributed by atoms with Gasteiger partial charge in [0.1, 0.15) is 17.7 Å². The lowest BCUT2D eigenvalue weighted by Crippen LogP contribution is -2.57. The van der Waals surface area contributed by atoms with Crippen LogP contribution >= 0.6 is 0 Å². The highest BCUT2D eigenvalue weighted by Gasteiger charge is 2.32. The molecule has 0 aliphatic carbocycles. The van der Waals surface area contributed by atoms with E-state index in [1.165, 1.54) is 12.1 Å². The molecular formula is C19H17FN4O3. The molecule has 0 bridgehead atoms. The topological polar surface area (TPSA) is 80.5 Å². The van der Waals surface area contributed by atoms with Crippen LogP contribution in [0.2, 0.25) is 0 Å². The van der Waals surface area contributed by atoms with Gasteiger partial charge < -0.3 is 19.5 Å². The van der Waals surface area contributed by atoms with Crippen molar-refractivity contribution >= 4 is 11.7 Å². The number of nitrogens with zero attached hydrogens (tertiary/aromatic N) is 3. The lowest BCUT2D eigenvalue weighted by atomic mass is 10.1. The van der Waals surface area contributed by atoms with E-state index in [9.17, 15) is 9.18 Å². The molecule has 8 heteroatoms. The molecule has 27 heavy (non-hydrogen) atoms. The zero-order chi connectivity index (χ0) is 18.8. The number of anilines is 1. The fraction of sp³-hybridized carbons (Fsp3) is 0.211. The summed E-state index contributed by atoms with van der Waals surface area (Å²) in [4.78, 5) is 17.9. The molecule has 2 heterocycles. The van der Waals surface area contributed by atoms with Crippen molar-refractivity contribution in [3.63, 3.8) is 0 Å². The monoisotopic (exact) mass is 368 g/mol. The number of benzene rings is 2. The molecular weight excluding hydrogens is 351 g/mol. The first kappa shape index (κ1) is 17.0. The molecule has 1 N–H and O–H groups in total. The Morgan fingerprint density at radius 1 is 1.26 bits per heavy atom. The number of aromatic nitrogens is 2. The molecule has 0 atom stereocenters. The largest absolute Gasteiger partial charge is 0.487 e. The Hall–Kier alpha value is -3.42. The predicted molar refractivity (Wildman–Crippen MR) is 95.9 cm³/mol. The summed E-state index contributed by atoms with van der Waals surface area (Å²) < 4.78 is 24.1. The van der Waals surface area contributed by atoms with Crippen LogP contribution in [0.25, 0.3) is 11.5 Å². The van der Waals surface area contributed by atoms with Gasteiger partial charge in [0, 0.05) is 11.3 Å². The Labute approximate surface area is 154 Å². The molecule has 3 aromatic rings. The Balaban J connectivity index is 1.28. The summed E-state index contributed by atoms with van der Waals surface area (Å²) in [6, 6.07) is 12.8. The molecule has 138 valence electrons. The number of aryl methyl sites for hydroxylation is 1. The van der Waals surface area contributed by atoms with Crippen molar-refractivity contribution < 1.29 is 18.4 Å². The molecule has 1 aliphatic heterocycles. The molecule has 0 radical (unpaired) electrons. The molecule has 2 aromatic carbocycles. The number of nitrogens with one attached hydrogen (secondary N) is 1. The Kier molecular flexibility index (Phi) is 4.45. The number of halogens is 1. The molecule has 0 spiro atoms. The summed E-state index contributed by atoms with van der Waals surface area (Å²) in [7, 11) is 0. The highest BCUT2D eigenvalue weighted by atomic mass is 19.1. The van der Waals surface area contributed by atoms with Gasteiger partial charge in [-0.2, -0.15) is 4.98 Å². The van der Waals surface area contributed by atoms with Gasteiger partial charge in [0.2, 0.25) is 0 Å². The van der Waals surface area contributed by atoms with Crippen molar-refractivity contribution in [2.45, 2.75) is 13.0 Å². The first-order chi connectivity index (χ1) is 13.1. The van der Waals surface area contributed by atoms with Crippen LogP contribution in [-0.4, -0.2) is 40.3 Å². The van der Waals surface area contributed by atoms with Crippen molar-refractivity contribution in [1.29, 1.82) is 0 Å². The number of carbonyl (C=O) groups is 1. The van der Waals surface area contributed by atoms with Crippen LogP contribution in [0.4, 0.5) is 14.9 Å².